The maximum atomic E-state index is 13.0. The zero-order valence-corrected chi connectivity index (χ0v) is 16.8. The molecule has 30 heavy (non-hydrogen) atoms. The van der Waals surface area contributed by atoms with E-state index in [0.717, 1.165) is 18.6 Å². The number of piperidine rings is 1. The van der Waals surface area contributed by atoms with Crippen LogP contribution in [0.5, 0.6) is 11.5 Å². The highest BCUT2D eigenvalue weighted by Crippen LogP contribution is 2.25. The minimum atomic E-state index is -0.159. The SMILES string of the molecule is O=C(c1ccc(Oc2ccccc2)cc1)[C@@H]1CCCN(C(=O)CCn2cccn2)C1. The number of hydrogen-bond donors (Lipinski definition) is 0. The summed E-state index contributed by atoms with van der Waals surface area (Å²) < 4.78 is 7.55. The van der Waals surface area contributed by atoms with Crippen molar-refractivity contribution in [3.63, 3.8) is 0 Å². The van der Waals surface area contributed by atoms with Crippen molar-refractivity contribution in [1.29, 1.82) is 0 Å². The van der Waals surface area contributed by atoms with E-state index in [1.807, 2.05) is 59.6 Å². The van der Waals surface area contributed by atoms with Gasteiger partial charge in [-0.1, -0.05) is 18.2 Å². The fourth-order valence-electron chi connectivity index (χ4n) is 3.77. The van der Waals surface area contributed by atoms with Gasteiger partial charge >= 0.3 is 0 Å². The summed E-state index contributed by atoms with van der Waals surface area (Å²) in [4.78, 5) is 27.4. The van der Waals surface area contributed by atoms with Gasteiger partial charge in [0.25, 0.3) is 0 Å². The van der Waals surface area contributed by atoms with Gasteiger partial charge in [0, 0.05) is 49.9 Å². The fraction of sp³-hybridized carbons (Fsp3) is 0.292. The van der Waals surface area contributed by atoms with E-state index in [1.54, 1.807) is 23.0 Å². The number of nitrogens with zero attached hydrogens (tertiary/aromatic N) is 3. The van der Waals surface area contributed by atoms with Crippen molar-refractivity contribution in [2.45, 2.75) is 25.8 Å². The number of carbonyl (C=O) groups excluding carboxylic acids is 2. The molecule has 2 heterocycles. The van der Waals surface area contributed by atoms with E-state index in [-0.39, 0.29) is 17.6 Å². The minimum Gasteiger partial charge on any atom is -0.457 e. The maximum Gasteiger partial charge on any atom is 0.224 e. The third-order valence-corrected chi connectivity index (χ3v) is 5.38. The van der Waals surface area contributed by atoms with E-state index in [1.165, 1.54) is 0 Å². The van der Waals surface area contributed by atoms with E-state index in [4.69, 9.17) is 4.74 Å². The Morgan fingerprint density at radius 1 is 1.00 bits per heavy atom. The molecule has 6 heteroatoms. The molecule has 0 saturated carbocycles. The molecule has 1 fully saturated rings. The van der Waals surface area contributed by atoms with Crippen molar-refractivity contribution in [3.05, 3.63) is 78.6 Å². The van der Waals surface area contributed by atoms with Crippen molar-refractivity contribution in [2.24, 2.45) is 5.92 Å². The lowest BCUT2D eigenvalue weighted by Crippen LogP contribution is -2.42. The summed E-state index contributed by atoms with van der Waals surface area (Å²) >= 11 is 0. The molecule has 0 aliphatic carbocycles. The molecule has 3 aromatic rings. The van der Waals surface area contributed by atoms with Gasteiger partial charge in [0.2, 0.25) is 5.91 Å². The summed E-state index contributed by atoms with van der Waals surface area (Å²) in [5.41, 5.74) is 0.659. The first kappa shape index (κ1) is 19.9. The van der Waals surface area contributed by atoms with Crippen molar-refractivity contribution < 1.29 is 14.3 Å². The largest absolute Gasteiger partial charge is 0.457 e. The van der Waals surface area contributed by atoms with E-state index in [0.29, 0.717) is 37.4 Å². The van der Waals surface area contributed by atoms with Crippen LogP contribution >= 0.6 is 0 Å². The molecule has 6 nitrogen and oxygen atoms in total. The molecule has 0 N–H and O–H groups in total. The number of aryl methyl sites for hydroxylation is 1. The highest BCUT2D eigenvalue weighted by Gasteiger charge is 2.28. The number of ketones is 1. The topological polar surface area (TPSA) is 64.4 Å². The number of likely N-dealkylation sites (tertiary alicyclic amines) is 1. The van der Waals surface area contributed by atoms with Crippen LogP contribution in [-0.2, 0) is 11.3 Å². The van der Waals surface area contributed by atoms with Crippen LogP contribution in [0.25, 0.3) is 0 Å². The predicted octanol–water partition coefficient (Wildman–Crippen LogP) is 4.19. The molecule has 0 spiro atoms. The zero-order valence-electron chi connectivity index (χ0n) is 16.8. The molecular weight excluding hydrogens is 378 g/mol. The second kappa shape index (κ2) is 9.39. The highest BCUT2D eigenvalue weighted by molar-refractivity contribution is 5.98. The third-order valence-electron chi connectivity index (χ3n) is 5.38. The standard InChI is InChI=1S/C24H25N3O3/c28-23(13-17-27-16-5-14-25-27)26-15-4-6-20(18-26)24(29)19-9-11-22(12-10-19)30-21-7-2-1-3-8-21/h1-3,5,7-12,14,16,20H,4,6,13,15,17-18H2/t20-/m1/s1. The summed E-state index contributed by atoms with van der Waals surface area (Å²) in [7, 11) is 0. The molecular formula is C24H25N3O3. The van der Waals surface area contributed by atoms with Gasteiger partial charge in [-0.05, 0) is 55.3 Å². The molecule has 1 aliphatic heterocycles. The number of amides is 1. The van der Waals surface area contributed by atoms with E-state index < -0.39 is 0 Å². The molecule has 1 atom stereocenters. The van der Waals surface area contributed by atoms with Gasteiger partial charge in [0.05, 0.1) is 0 Å². The molecule has 1 saturated heterocycles. The average molecular weight is 403 g/mol. The summed E-state index contributed by atoms with van der Waals surface area (Å²) in [5, 5.41) is 4.13. The van der Waals surface area contributed by atoms with Crippen LogP contribution in [0.15, 0.2) is 73.1 Å². The fourth-order valence-corrected chi connectivity index (χ4v) is 3.77. The van der Waals surface area contributed by atoms with Gasteiger partial charge in [-0.2, -0.15) is 5.10 Å². The van der Waals surface area contributed by atoms with E-state index in [9.17, 15) is 9.59 Å². The second-order valence-corrected chi connectivity index (χ2v) is 7.50. The first-order valence-electron chi connectivity index (χ1n) is 10.3. The molecule has 0 bridgehead atoms. The summed E-state index contributed by atoms with van der Waals surface area (Å²) in [5.74, 6) is 1.46. The predicted molar refractivity (Wildman–Crippen MR) is 113 cm³/mol. The quantitative estimate of drug-likeness (QED) is 0.555. The lowest BCUT2D eigenvalue weighted by molar-refractivity contribution is -0.132. The van der Waals surface area contributed by atoms with Crippen molar-refractivity contribution in [1.82, 2.24) is 14.7 Å². The van der Waals surface area contributed by atoms with Crippen LogP contribution in [0.1, 0.15) is 29.6 Å². The lowest BCUT2D eigenvalue weighted by Gasteiger charge is -2.32. The summed E-state index contributed by atoms with van der Waals surface area (Å²) in [6, 6.07) is 18.6. The Bertz CT molecular complexity index is 969. The first-order valence-corrected chi connectivity index (χ1v) is 10.3. The lowest BCUT2D eigenvalue weighted by atomic mass is 9.90. The number of aromatic nitrogens is 2. The van der Waals surface area contributed by atoms with Crippen LogP contribution in [0.4, 0.5) is 0 Å². The Morgan fingerprint density at radius 2 is 1.77 bits per heavy atom. The molecule has 0 radical (unpaired) electrons. The van der Waals surface area contributed by atoms with Gasteiger partial charge in [-0.25, -0.2) is 0 Å². The van der Waals surface area contributed by atoms with Gasteiger partial charge < -0.3 is 9.64 Å². The third kappa shape index (κ3) is 4.95. The van der Waals surface area contributed by atoms with Gasteiger partial charge in [-0.15, -0.1) is 0 Å². The minimum absolute atomic E-state index is 0.0783. The highest BCUT2D eigenvalue weighted by atomic mass is 16.5. The van der Waals surface area contributed by atoms with Gasteiger partial charge in [0.1, 0.15) is 11.5 Å². The van der Waals surface area contributed by atoms with Crippen LogP contribution in [0.2, 0.25) is 0 Å². The second-order valence-electron chi connectivity index (χ2n) is 7.50. The molecule has 0 unspecified atom stereocenters. The Morgan fingerprint density at radius 3 is 2.50 bits per heavy atom. The number of Topliss-reactive ketones (excluding diaryl/α,β-unsaturated/α-hetero) is 1. The average Bonchev–Trinajstić information content (AvgIpc) is 3.32. The van der Waals surface area contributed by atoms with Crippen molar-refractivity contribution >= 4 is 11.7 Å². The van der Waals surface area contributed by atoms with Crippen molar-refractivity contribution in [2.75, 3.05) is 13.1 Å². The Kier molecular flexibility index (Phi) is 6.23. The summed E-state index contributed by atoms with van der Waals surface area (Å²) in [6.45, 7) is 1.76. The van der Waals surface area contributed by atoms with E-state index in [2.05, 4.69) is 5.10 Å². The van der Waals surface area contributed by atoms with Crippen molar-refractivity contribution in [3.8, 4) is 11.5 Å². The van der Waals surface area contributed by atoms with E-state index >= 15 is 0 Å². The molecule has 1 amide bonds. The van der Waals surface area contributed by atoms with Gasteiger partial charge in [-0.3, -0.25) is 14.3 Å². The Hall–Kier alpha value is -3.41. The van der Waals surface area contributed by atoms with Gasteiger partial charge in [0.15, 0.2) is 5.78 Å². The Labute approximate surface area is 176 Å². The number of ether oxygens (including phenoxy) is 1. The molecule has 1 aliphatic rings. The maximum absolute atomic E-state index is 13.0. The number of carbonyl (C=O) groups is 2. The number of rotatable bonds is 7. The molecule has 1 aromatic heterocycles. The Balaban J connectivity index is 1.33. The monoisotopic (exact) mass is 403 g/mol. The zero-order chi connectivity index (χ0) is 20.8. The number of para-hydroxylation sites is 1. The number of hydrogen-bond acceptors (Lipinski definition) is 4. The van der Waals surface area contributed by atoms with Crippen LogP contribution in [-0.4, -0.2) is 39.5 Å². The number of benzene rings is 2. The molecule has 2 aromatic carbocycles. The summed E-state index contributed by atoms with van der Waals surface area (Å²) in [6.07, 6.45) is 5.61. The smallest absolute Gasteiger partial charge is 0.224 e. The van der Waals surface area contributed by atoms with Crippen LogP contribution in [0.3, 0.4) is 0 Å². The van der Waals surface area contributed by atoms with Crippen LogP contribution < -0.4 is 4.74 Å². The van der Waals surface area contributed by atoms with Crippen LogP contribution in [0, 0.1) is 5.92 Å². The normalized spacial score (nSPS) is 16.3. The molecule has 4 rings (SSSR count). The molecule has 154 valence electrons. The first-order chi connectivity index (χ1) is 14.7.